The van der Waals surface area contributed by atoms with Crippen molar-refractivity contribution < 1.29 is 8.42 Å². The number of hydrogen-bond acceptors (Lipinski definition) is 3. The van der Waals surface area contributed by atoms with Gasteiger partial charge in [0.1, 0.15) is 0 Å². The van der Waals surface area contributed by atoms with E-state index in [4.69, 9.17) is 5.73 Å². The van der Waals surface area contributed by atoms with Gasteiger partial charge in [0.15, 0.2) is 0 Å². The summed E-state index contributed by atoms with van der Waals surface area (Å²) in [6, 6.07) is 3.50. The summed E-state index contributed by atoms with van der Waals surface area (Å²) in [5.74, 6) is 0.386. The minimum absolute atomic E-state index is 0.323. The number of allylic oxidation sites excluding steroid dienone is 2. The van der Waals surface area contributed by atoms with Gasteiger partial charge in [-0.25, -0.2) is 13.1 Å². The molecule has 0 saturated carbocycles. The molecule has 3 N–H and O–H groups in total. The Kier molecular flexibility index (Phi) is 4.50. The smallest absolute Gasteiger partial charge is 0.241 e. The zero-order chi connectivity index (χ0) is 14.8. The van der Waals surface area contributed by atoms with Crippen LogP contribution < -0.4 is 10.5 Å². The van der Waals surface area contributed by atoms with Crippen molar-refractivity contribution in [2.45, 2.75) is 38.0 Å². The van der Waals surface area contributed by atoms with Gasteiger partial charge in [0, 0.05) is 12.2 Å². The molecule has 0 heterocycles. The maximum absolute atomic E-state index is 12.5. The molecule has 4 nitrogen and oxygen atoms in total. The maximum atomic E-state index is 12.5. The number of aryl methyl sites for hydroxylation is 1. The Morgan fingerprint density at radius 3 is 2.70 bits per heavy atom. The summed E-state index contributed by atoms with van der Waals surface area (Å²) >= 11 is 0. The van der Waals surface area contributed by atoms with Gasteiger partial charge in [0.25, 0.3) is 0 Å². The van der Waals surface area contributed by atoms with Crippen LogP contribution >= 0.6 is 0 Å². The van der Waals surface area contributed by atoms with Crippen molar-refractivity contribution in [1.82, 2.24) is 4.72 Å². The molecule has 1 aliphatic rings. The minimum Gasteiger partial charge on any atom is -0.398 e. The van der Waals surface area contributed by atoms with E-state index in [2.05, 4.69) is 16.9 Å². The van der Waals surface area contributed by atoms with Crippen LogP contribution in [-0.2, 0) is 10.0 Å². The van der Waals surface area contributed by atoms with Gasteiger partial charge in [0.2, 0.25) is 10.0 Å². The second-order valence-electron chi connectivity index (χ2n) is 5.43. The van der Waals surface area contributed by atoms with E-state index in [0.29, 0.717) is 28.6 Å². The summed E-state index contributed by atoms with van der Waals surface area (Å²) in [5.41, 5.74) is 7.69. The normalized spacial score (nSPS) is 19.2. The Labute approximate surface area is 121 Å². The molecule has 0 fully saturated rings. The zero-order valence-electron chi connectivity index (χ0n) is 12.0. The number of sulfonamides is 1. The summed E-state index contributed by atoms with van der Waals surface area (Å²) in [6.07, 6.45) is 7.28. The quantitative estimate of drug-likeness (QED) is 0.662. The molecule has 1 aromatic rings. The lowest BCUT2D eigenvalue weighted by Crippen LogP contribution is -2.31. The number of hydrogen-bond donors (Lipinski definition) is 2. The fourth-order valence-corrected chi connectivity index (χ4v) is 4.21. The first-order valence-corrected chi connectivity index (χ1v) is 8.40. The highest BCUT2D eigenvalue weighted by Crippen LogP contribution is 2.25. The molecular formula is C15H22N2O2S. The van der Waals surface area contributed by atoms with Gasteiger partial charge in [-0.3, -0.25) is 0 Å². The maximum Gasteiger partial charge on any atom is 0.241 e. The van der Waals surface area contributed by atoms with E-state index in [1.165, 1.54) is 0 Å². The first-order chi connectivity index (χ1) is 9.42. The van der Waals surface area contributed by atoms with Gasteiger partial charge in [-0.05, 0) is 56.2 Å². The lowest BCUT2D eigenvalue weighted by molar-refractivity contribution is 0.468. The van der Waals surface area contributed by atoms with Gasteiger partial charge in [-0.2, -0.15) is 0 Å². The molecule has 2 rings (SSSR count). The average molecular weight is 294 g/mol. The predicted octanol–water partition coefficient (Wildman–Crippen LogP) is 2.52. The topological polar surface area (TPSA) is 72.2 Å². The van der Waals surface area contributed by atoms with Crippen LogP contribution in [0.25, 0.3) is 0 Å². The molecule has 0 amide bonds. The van der Waals surface area contributed by atoms with Crippen LogP contribution in [0, 0.1) is 19.8 Å². The van der Waals surface area contributed by atoms with Crippen molar-refractivity contribution in [2.75, 3.05) is 12.3 Å². The van der Waals surface area contributed by atoms with Crippen molar-refractivity contribution in [3.8, 4) is 0 Å². The number of nitrogens with one attached hydrogen (secondary N) is 1. The third-order valence-corrected chi connectivity index (χ3v) is 5.57. The fraction of sp³-hybridized carbons (Fsp3) is 0.467. The first-order valence-electron chi connectivity index (χ1n) is 6.92. The van der Waals surface area contributed by atoms with Gasteiger partial charge in [-0.1, -0.05) is 18.2 Å². The van der Waals surface area contributed by atoms with Crippen LogP contribution in [0.2, 0.25) is 0 Å². The number of anilines is 1. The minimum atomic E-state index is -3.50. The second kappa shape index (κ2) is 5.97. The van der Waals surface area contributed by atoms with Crippen molar-refractivity contribution in [2.24, 2.45) is 5.92 Å². The molecule has 0 aliphatic heterocycles. The first kappa shape index (κ1) is 15.1. The zero-order valence-corrected chi connectivity index (χ0v) is 12.8. The summed E-state index contributed by atoms with van der Waals surface area (Å²) in [6.45, 7) is 4.03. The van der Waals surface area contributed by atoms with E-state index < -0.39 is 10.0 Å². The highest BCUT2D eigenvalue weighted by molar-refractivity contribution is 7.89. The molecule has 1 unspecified atom stereocenters. The summed E-state index contributed by atoms with van der Waals surface area (Å²) < 4.78 is 27.7. The van der Waals surface area contributed by atoms with Gasteiger partial charge < -0.3 is 5.73 Å². The molecule has 1 atom stereocenters. The highest BCUT2D eigenvalue weighted by atomic mass is 32.2. The van der Waals surface area contributed by atoms with Crippen LogP contribution in [0.4, 0.5) is 5.69 Å². The van der Waals surface area contributed by atoms with Crippen molar-refractivity contribution in [3.05, 3.63) is 35.4 Å². The van der Waals surface area contributed by atoms with E-state index in [0.717, 1.165) is 24.8 Å². The predicted molar refractivity (Wildman–Crippen MR) is 82.0 cm³/mol. The molecule has 0 spiro atoms. The second-order valence-corrected chi connectivity index (χ2v) is 7.13. The molecular weight excluding hydrogens is 272 g/mol. The number of benzene rings is 1. The Balaban J connectivity index is 2.18. The van der Waals surface area contributed by atoms with Crippen LogP contribution in [0.1, 0.15) is 30.4 Å². The van der Waals surface area contributed by atoms with Crippen LogP contribution in [0.15, 0.2) is 29.2 Å². The third-order valence-electron chi connectivity index (χ3n) is 3.85. The van der Waals surface area contributed by atoms with Gasteiger partial charge in [0.05, 0.1) is 4.90 Å². The van der Waals surface area contributed by atoms with Gasteiger partial charge >= 0.3 is 0 Å². The molecule has 0 bridgehead atoms. The molecule has 1 aromatic carbocycles. The molecule has 0 radical (unpaired) electrons. The van der Waals surface area contributed by atoms with E-state index in [1.807, 2.05) is 0 Å². The Bertz CT molecular complexity index is 621. The lowest BCUT2D eigenvalue weighted by Gasteiger charge is -2.19. The standard InChI is InChI=1S/C15H22N2O2S/c1-11-8-9-14(16)12(2)15(11)20(18,19)17-10-13-6-4-3-5-7-13/h3-4,8-9,13,17H,5-7,10,16H2,1-2H3. The average Bonchev–Trinajstić information content (AvgIpc) is 2.42. The molecule has 0 aromatic heterocycles. The summed E-state index contributed by atoms with van der Waals surface area (Å²) in [4.78, 5) is 0.323. The lowest BCUT2D eigenvalue weighted by atomic mass is 9.95. The monoisotopic (exact) mass is 294 g/mol. The number of nitrogens with two attached hydrogens (primary N) is 1. The summed E-state index contributed by atoms with van der Waals surface area (Å²) in [5, 5.41) is 0. The van der Waals surface area contributed by atoms with Crippen molar-refractivity contribution >= 4 is 15.7 Å². The molecule has 20 heavy (non-hydrogen) atoms. The van der Waals surface area contributed by atoms with E-state index in [-0.39, 0.29) is 0 Å². The van der Waals surface area contributed by atoms with Crippen LogP contribution in [-0.4, -0.2) is 15.0 Å². The van der Waals surface area contributed by atoms with Gasteiger partial charge in [-0.15, -0.1) is 0 Å². The van der Waals surface area contributed by atoms with Crippen LogP contribution in [0.3, 0.4) is 0 Å². The Morgan fingerprint density at radius 2 is 2.05 bits per heavy atom. The number of rotatable bonds is 4. The Hall–Kier alpha value is -1.33. The molecule has 110 valence electrons. The highest BCUT2D eigenvalue weighted by Gasteiger charge is 2.22. The molecule has 1 aliphatic carbocycles. The Morgan fingerprint density at radius 1 is 1.30 bits per heavy atom. The molecule has 0 saturated heterocycles. The van der Waals surface area contributed by atoms with E-state index >= 15 is 0 Å². The van der Waals surface area contributed by atoms with Crippen molar-refractivity contribution in [1.29, 1.82) is 0 Å². The fourth-order valence-electron chi connectivity index (χ4n) is 2.60. The van der Waals surface area contributed by atoms with E-state index in [1.54, 1.807) is 26.0 Å². The third kappa shape index (κ3) is 3.22. The largest absolute Gasteiger partial charge is 0.398 e. The van der Waals surface area contributed by atoms with Crippen LogP contribution in [0.5, 0.6) is 0 Å². The molecule has 5 heteroatoms. The van der Waals surface area contributed by atoms with Crippen molar-refractivity contribution in [3.63, 3.8) is 0 Å². The number of nitrogen functional groups attached to an aromatic ring is 1. The summed E-state index contributed by atoms with van der Waals surface area (Å²) in [7, 11) is -3.50. The van der Waals surface area contributed by atoms with E-state index in [9.17, 15) is 8.42 Å². The SMILES string of the molecule is Cc1ccc(N)c(C)c1S(=O)(=O)NCC1CC=CCC1.